The number of rotatable bonds is 5. The van der Waals surface area contributed by atoms with Gasteiger partial charge in [-0.15, -0.1) is 0 Å². The van der Waals surface area contributed by atoms with E-state index in [4.69, 9.17) is 5.11 Å². The molecule has 1 amide bonds. The number of amides is 1. The molecule has 0 spiro atoms. The van der Waals surface area contributed by atoms with Crippen LogP contribution < -0.4 is 5.32 Å². The van der Waals surface area contributed by atoms with E-state index in [-0.39, 0.29) is 18.6 Å². The SMILES string of the molecule is CCSCC(C)NC(=O)c1ncccc1C#CCO. The van der Waals surface area contributed by atoms with Crippen molar-refractivity contribution in [2.24, 2.45) is 0 Å². The third-order valence-corrected chi connectivity index (χ3v) is 3.42. The lowest BCUT2D eigenvalue weighted by atomic mass is 10.2. The number of thioether (sulfide) groups is 1. The summed E-state index contributed by atoms with van der Waals surface area (Å²) in [5, 5.41) is 11.6. The van der Waals surface area contributed by atoms with Gasteiger partial charge in [0.05, 0.1) is 5.56 Å². The van der Waals surface area contributed by atoms with Crippen LogP contribution in [0.3, 0.4) is 0 Å². The van der Waals surface area contributed by atoms with E-state index in [1.54, 1.807) is 30.1 Å². The highest BCUT2D eigenvalue weighted by atomic mass is 32.2. The summed E-state index contributed by atoms with van der Waals surface area (Å²) in [4.78, 5) is 16.2. The highest BCUT2D eigenvalue weighted by Crippen LogP contribution is 2.06. The zero-order valence-electron chi connectivity index (χ0n) is 11.1. The summed E-state index contributed by atoms with van der Waals surface area (Å²) in [6.45, 7) is 3.81. The quantitative estimate of drug-likeness (QED) is 0.797. The zero-order valence-corrected chi connectivity index (χ0v) is 12.0. The molecule has 0 radical (unpaired) electrons. The molecule has 102 valence electrons. The molecule has 1 rings (SSSR count). The van der Waals surface area contributed by atoms with Crippen molar-refractivity contribution in [3.05, 3.63) is 29.6 Å². The molecule has 0 aromatic carbocycles. The molecule has 1 aromatic rings. The van der Waals surface area contributed by atoms with Gasteiger partial charge in [-0.1, -0.05) is 18.8 Å². The number of pyridine rings is 1. The number of nitrogens with zero attached hydrogens (tertiary/aromatic N) is 1. The molecule has 0 saturated heterocycles. The van der Waals surface area contributed by atoms with Crippen LogP contribution in [0.2, 0.25) is 0 Å². The summed E-state index contributed by atoms with van der Waals surface area (Å²) in [7, 11) is 0. The number of aliphatic hydroxyl groups is 1. The van der Waals surface area contributed by atoms with Crippen LogP contribution in [0.5, 0.6) is 0 Å². The molecule has 1 atom stereocenters. The fourth-order valence-corrected chi connectivity index (χ4v) is 2.12. The van der Waals surface area contributed by atoms with Crippen LogP contribution in [0.15, 0.2) is 18.3 Å². The van der Waals surface area contributed by atoms with Gasteiger partial charge in [-0.05, 0) is 24.8 Å². The van der Waals surface area contributed by atoms with Gasteiger partial charge in [0.25, 0.3) is 5.91 Å². The minimum atomic E-state index is -0.237. The maximum absolute atomic E-state index is 12.1. The molecule has 1 heterocycles. The van der Waals surface area contributed by atoms with E-state index in [1.807, 2.05) is 6.92 Å². The van der Waals surface area contributed by atoms with Crippen LogP contribution >= 0.6 is 11.8 Å². The van der Waals surface area contributed by atoms with Crippen molar-refractivity contribution in [1.29, 1.82) is 0 Å². The molecule has 0 aliphatic heterocycles. The number of hydrogen-bond acceptors (Lipinski definition) is 4. The molecule has 2 N–H and O–H groups in total. The van der Waals surface area contributed by atoms with E-state index in [2.05, 4.69) is 29.1 Å². The molecule has 4 nitrogen and oxygen atoms in total. The number of nitrogens with one attached hydrogen (secondary N) is 1. The minimum absolute atomic E-state index is 0.0816. The second kappa shape index (κ2) is 8.57. The first-order valence-corrected chi connectivity index (χ1v) is 7.27. The maximum Gasteiger partial charge on any atom is 0.271 e. The van der Waals surface area contributed by atoms with Gasteiger partial charge in [0.15, 0.2) is 0 Å². The molecule has 0 aliphatic carbocycles. The van der Waals surface area contributed by atoms with E-state index >= 15 is 0 Å². The Labute approximate surface area is 118 Å². The topological polar surface area (TPSA) is 62.2 Å². The van der Waals surface area contributed by atoms with Crippen molar-refractivity contribution in [3.8, 4) is 11.8 Å². The predicted octanol–water partition coefficient (Wildman–Crippen LogP) is 1.30. The summed E-state index contributed by atoms with van der Waals surface area (Å²) < 4.78 is 0. The predicted molar refractivity (Wildman–Crippen MR) is 78.1 cm³/mol. The van der Waals surface area contributed by atoms with E-state index in [1.165, 1.54) is 0 Å². The normalized spacial score (nSPS) is 11.3. The van der Waals surface area contributed by atoms with Crippen LogP contribution in [-0.4, -0.2) is 40.2 Å². The highest BCUT2D eigenvalue weighted by Gasteiger charge is 2.13. The average Bonchev–Trinajstić information content (AvgIpc) is 2.43. The Kier molecular flexibility index (Phi) is 7.01. The maximum atomic E-state index is 12.1. The van der Waals surface area contributed by atoms with Crippen molar-refractivity contribution in [1.82, 2.24) is 10.3 Å². The summed E-state index contributed by atoms with van der Waals surface area (Å²) in [6, 6.07) is 3.52. The molecule has 19 heavy (non-hydrogen) atoms. The second-order valence-corrected chi connectivity index (χ2v) is 5.21. The Hall–Kier alpha value is -1.51. The summed E-state index contributed by atoms with van der Waals surface area (Å²) >= 11 is 1.78. The Morgan fingerprint density at radius 1 is 1.63 bits per heavy atom. The Balaban J connectivity index is 2.76. The van der Waals surface area contributed by atoms with Gasteiger partial charge in [-0.2, -0.15) is 11.8 Å². The first-order valence-electron chi connectivity index (χ1n) is 6.12. The first kappa shape index (κ1) is 15.5. The van der Waals surface area contributed by atoms with E-state index < -0.39 is 0 Å². The van der Waals surface area contributed by atoms with Gasteiger partial charge < -0.3 is 10.4 Å². The number of hydrogen-bond donors (Lipinski definition) is 2. The highest BCUT2D eigenvalue weighted by molar-refractivity contribution is 7.99. The van der Waals surface area contributed by atoms with E-state index in [9.17, 15) is 4.79 Å². The fraction of sp³-hybridized carbons (Fsp3) is 0.429. The molecular formula is C14H18N2O2S. The van der Waals surface area contributed by atoms with E-state index in [0.717, 1.165) is 11.5 Å². The van der Waals surface area contributed by atoms with Crippen molar-refractivity contribution in [2.45, 2.75) is 19.9 Å². The Morgan fingerprint density at radius 3 is 3.11 bits per heavy atom. The van der Waals surface area contributed by atoms with Gasteiger partial charge in [-0.25, -0.2) is 4.98 Å². The molecule has 1 aromatic heterocycles. The van der Waals surface area contributed by atoms with Gasteiger partial charge in [-0.3, -0.25) is 4.79 Å². The average molecular weight is 278 g/mol. The summed E-state index contributed by atoms with van der Waals surface area (Å²) in [5.41, 5.74) is 0.834. The third-order valence-electron chi connectivity index (χ3n) is 2.27. The van der Waals surface area contributed by atoms with Crippen molar-refractivity contribution in [3.63, 3.8) is 0 Å². The zero-order chi connectivity index (χ0) is 14.1. The van der Waals surface area contributed by atoms with Gasteiger partial charge in [0, 0.05) is 18.0 Å². The van der Waals surface area contributed by atoms with Crippen LogP contribution in [0.4, 0.5) is 0 Å². The number of carbonyl (C=O) groups is 1. The second-order valence-electron chi connectivity index (χ2n) is 3.89. The Bertz CT molecular complexity index is 480. The number of aliphatic hydroxyl groups excluding tert-OH is 1. The first-order chi connectivity index (χ1) is 9.19. The fourth-order valence-electron chi connectivity index (χ4n) is 1.45. The molecule has 0 bridgehead atoms. The lowest BCUT2D eigenvalue weighted by Gasteiger charge is -2.13. The monoisotopic (exact) mass is 278 g/mol. The van der Waals surface area contributed by atoms with Crippen LogP contribution in [0.25, 0.3) is 0 Å². The standard InChI is InChI=1S/C14H18N2O2S/c1-3-19-10-11(2)16-14(18)13-12(7-5-9-17)6-4-8-15-13/h4,6,8,11,17H,3,9-10H2,1-2H3,(H,16,18). The van der Waals surface area contributed by atoms with Crippen LogP contribution in [0, 0.1) is 11.8 Å². The summed E-state index contributed by atoms with van der Waals surface area (Å²) in [6.07, 6.45) is 1.56. The molecular weight excluding hydrogens is 260 g/mol. The Morgan fingerprint density at radius 2 is 2.42 bits per heavy atom. The van der Waals surface area contributed by atoms with Crippen molar-refractivity contribution < 1.29 is 9.90 Å². The largest absolute Gasteiger partial charge is 0.384 e. The third kappa shape index (κ3) is 5.33. The van der Waals surface area contributed by atoms with Crippen LogP contribution in [0.1, 0.15) is 29.9 Å². The van der Waals surface area contributed by atoms with Gasteiger partial charge in [0.1, 0.15) is 12.3 Å². The van der Waals surface area contributed by atoms with Crippen LogP contribution in [-0.2, 0) is 0 Å². The molecule has 0 aliphatic rings. The lowest BCUT2D eigenvalue weighted by molar-refractivity contribution is 0.0938. The number of aromatic nitrogens is 1. The minimum Gasteiger partial charge on any atom is -0.384 e. The molecule has 0 fully saturated rings. The molecule has 0 saturated carbocycles. The summed E-state index contributed by atoms with van der Waals surface area (Å²) in [5.74, 6) is 6.92. The van der Waals surface area contributed by atoms with Gasteiger partial charge >= 0.3 is 0 Å². The molecule has 1 unspecified atom stereocenters. The van der Waals surface area contributed by atoms with Crippen molar-refractivity contribution in [2.75, 3.05) is 18.1 Å². The molecule has 5 heteroatoms. The van der Waals surface area contributed by atoms with Crippen molar-refractivity contribution >= 4 is 17.7 Å². The van der Waals surface area contributed by atoms with Gasteiger partial charge in [0.2, 0.25) is 0 Å². The number of carbonyl (C=O) groups excluding carboxylic acids is 1. The smallest absolute Gasteiger partial charge is 0.271 e. The lowest BCUT2D eigenvalue weighted by Crippen LogP contribution is -2.35. The van der Waals surface area contributed by atoms with E-state index in [0.29, 0.717) is 11.3 Å².